The van der Waals surface area contributed by atoms with Crippen LogP contribution in [-0.4, -0.2) is 36.6 Å². The molecule has 1 N–H and O–H groups in total. The molecule has 0 saturated heterocycles. The molecule has 1 heterocycles. The lowest BCUT2D eigenvalue weighted by Gasteiger charge is -2.10. The van der Waals surface area contributed by atoms with Crippen LogP contribution in [0.4, 0.5) is 6.01 Å². The lowest BCUT2D eigenvalue weighted by molar-refractivity contribution is 0.428. The van der Waals surface area contributed by atoms with Crippen molar-refractivity contribution in [2.24, 2.45) is 0 Å². The van der Waals surface area contributed by atoms with E-state index in [4.69, 9.17) is 16.1 Å². The van der Waals surface area contributed by atoms with Gasteiger partial charge in [0, 0.05) is 22.9 Å². The van der Waals surface area contributed by atoms with Crippen molar-refractivity contribution in [2.45, 2.75) is 19.4 Å². The first-order chi connectivity index (χ1) is 9.83. The summed E-state index contributed by atoms with van der Waals surface area (Å²) in [5.74, 6) is 0.534. The summed E-state index contributed by atoms with van der Waals surface area (Å²) in [4.78, 5) is 4.21. The molecular weight excluding hydrogens is 314 g/mol. The summed E-state index contributed by atoms with van der Waals surface area (Å²) in [6, 6.07) is 7.29. The molecule has 0 spiro atoms. The Morgan fingerprint density at radius 1 is 1.43 bits per heavy atom. The van der Waals surface area contributed by atoms with Crippen LogP contribution < -0.4 is 5.32 Å². The number of hydrogen-bond acceptors (Lipinski definition) is 6. The van der Waals surface area contributed by atoms with Gasteiger partial charge in [0.05, 0.1) is 5.75 Å². The molecule has 0 radical (unpaired) electrons. The minimum Gasteiger partial charge on any atom is -0.335 e. The average molecular weight is 330 g/mol. The fourth-order valence-corrected chi connectivity index (χ4v) is 2.67. The number of hydrogen-bond donors (Lipinski definition) is 1. The average Bonchev–Trinajstić information content (AvgIpc) is 2.84. The van der Waals surface area contributed by atoms with Crippen LogP contribution in [-0.2, 0) is 9.84 Å². The third-order valence-electron chi connectivity index (χ3n) is 2.80. The second kappa shape index (κ2) is 6.44. The van der Waals surface area contributed by atoms with Gasteiger partial charge in [-0.05, 0) is 25.5 Å². The van der Waals surface area contributed by atoms with Crippen molar-refractivity contribution in [2.75, 3.05) is 17.3 Å². The maximum Gasteiger partial charge on any atom is 0.321 e. The van der Waals surface area contributed by atoms with Gasteiger partial charge in [0.2, 0.25) is 5.82 Å². The van der Waals surface area contributed by atoms with Crippen molar-refractivity contribution in [3.05, 3.63) is 29.3 Å². The number of halogens is 1. The Morgan fingerprint density at radius 3 is 2.86 bits per heavy atom. The summed E-state index contributed by atoms with van der Waals surface area (Å²) in [5.41, 5.74) is 0.753. The molecule has 1 atom stereocenters. The predicted molar refractivity (Wildman–Crippen MR) is 82.2 cm³/mol. The maximum atomic E-state index is 11.1. The van der Waals surface area contributed by atoms with E-state index in [0.29, 0.717) is 17.3 Å². The van der Waals surface area contributed by atoms with E-state index in [9.17, 15) is 8.42 Å². The third kappa shape index (κ3) is 5.02. The zero-order valence-corrected chi connectivity index (χ0v) is 13.3. The minimum absolute atomic E-state index is 0.0904. The van der Waals surface area contributed by atoms with Crippen LogP contribution in [0.5, 0.6) is 0 Å². The van der Waals surface area contributed by atoms with Gasteiger partial charge in [-0.2, -0.15) is 4.98 Å². The van der Waals surface area contributed by atoms with Crippen LogP contribution in [0.15, 0.2) is 28.8 Å². The topological polar surface area (TPSA) is 85.1 Å². The second-order valence-corrected chi connectivity index (χ2v) is 7.59. The summed E-state index contributed by atoms with van der Waals surface area (Å²) in [5, 5.41) is 7.44. The van der Waals surface area contributed by atoms with Crippen LogP contribution >= 0.6 is 11.6 Å². The molecule has 2 aromatic rings. The molecule has 0 aliphatic heterocycles. The summed E-state index contributed by atoms with van der Waals surface area (Å²) in [6.45, 7) is 1.86. The minimum atomic E-state index is -2.98. The van der Waals surface area contributed by atoms with Crippen molar-refractivity contribution in [1.82, 2.24) is 10.1 Å². The Labute approximate surface area is 128 Å². The van der Waals surface area contributed by atoms with E-state index in [2.05, 4.69) is 15.5 Å². The molecule has 0 amide bonds. The molecule has 0 saturated carbocycles. The molecule has 0 aliphatic rings. The zero-order chi connectivity index (χ0) is 15.5. The molecule has 0 fully saturated rings. The van der Waals surface area contributed by atoms with E-state index in [1.807, 2.05) is 13.0 Å². The number of benzene rings is 1. The van der Waals surface area contributed by atoms with Gasteiger partial charge < -0.3 is 9.84 Å². The zero-order valence-electron chi connectivity index (χ0n) is 11.7. The molecule has 21 heavy (non-hydrogen) atoms. The molecular formula is C13H16ClN3O3S. The molecule has 2 rings (SSSR count). The molecule has 1 aromatic carbocycles. The normalized spacial score (nSPS) is 13.1. The van der Waals surface area contributed by atoms with Crippen LogP contribution in [0.1, 0.15) is 13.3 Å². The van der Waals surface area contributed by atoms with E-state index in [1.54, 1.807) is 18.2 Å². The van der Waals surface area contributed by atoms with Crippen molar-refractivity contribution in [3.8, 4) is 11.4 Å². The Morgan fingerprint density at radius 2 is 2.19 bits per heavy atom. The van der Waals surface area contributed by atoms with Gasteiger partial charge >= 0.3 is 6.01 Å². The maximum absolute atomic E-state index is 11.1. The first kappa shape index (κ1) is 15.8. The van der Waals surface area contributed by atoms with Crippen LogP contribution in [0.2, 0.25) is 5.02 Å². The first-order valence-electron chi connectivity index (χ1n) is 6.37. The highest BCUT2D eigenvalue weighted by Gasteiger charge is 2.13. The van der Waals surface area contributed by atoms with Gasteiger partial charge in [-0.15, -0.1) is 0 Å². The third-order valence-corrected chi connectivity index (χ3v) is 4.01. The van der Waals surface area contributed by atoms with E-state index >= 15 is 0 Å². The fraction of sp³-hybridized carbons (Fsp3) is 0.385. The van der Waals surface area contributed by atoms with Gasteiger partial charge in [0.1, 0.15) is 9.84 Å². The standard InChI is InChI=1S/C13H16ClN3O3S/c1-9(6-7-21(2,18)19)15-13-16-12(17-20-13)10-4-3-5-11(14)8-10/h3-5,8-9H,6-7H2,1-2H3,(H,15,16,17). The van der Waals surface area contributed by atoms with E-state index in [1.165, 1.54) is 6.26 Å². The number of rotatable bonds is 6. The van der Waals surface area contributed by atoms with Gasteiger partial charge in [-0.25, -0.2) is 8.42 Å². The van der Waals surface area contributed by atoms with E-state index < -0.39 is 9.84 Å². The largest absolute Gasteiger partial charge is 0.335 e. The molecule has 1 aromatic heterocycles. The number of nitrogens with zero attached hydrogens (tertiary/aromatic N) is 2. The molecule has 114 valence electrons. The Balaban J connectivity index is 2.00. The van der Waals surface area contributed by atoms with Crippen LogP contribution in [0, 0.1) is 0 Å². The quantitative estimate of drug-likeness (QED) is 0.876. The van der Waals surface area contributed by atoms with E-state index in [-0.39, 0.29) is 17.8 Å². The van der Waals surface area contributed by atoms with Gasteiger partial charge in [0.25, 0.3) is 0 Å². The summed E-state index contributed by atoms with van der Waals surface area (Å²) in [7, 11) is -2.98. The smallest absolute Gasteiger partial charge is 0.321 e. The second-order valence-electron chi connectivity index (χ2n) is 4.90. The van der Waals surface area contributed by atoms with Gasteiger partial charge in [-0.3, -0.25) is 0 Å². The van der Waals surface area contributed by atoms with Crippen molar-refractivity contribution >= 4 is 27.5 Å². The molecule has 0 aliphatic carbocycles. The monoisotopic (exact) mass is 329 g/mol. The number of sulfone groups is 1. The van der Waals surface area contributed by atoms with Crippen molar-refractivity contribution in [1.29, 1.82) is 0 Å². The summed E-state index contributed by atoms with van der Waals surface area (Å²) >= 11 is 5.91. The Bertz CT molecular complexity index is 715. The highest BCUT2D eigenvalue weighted by molar-refractivity contribution is 7.90. The van der Waals surface area contributed by atoms with Crippen LogP contribution in [0.25, 0.3) is 11.4 Å². The van der Waals surface area contributed by atoms with Crippen LogP contribution in [0.3, 0.4) is 0 Å². The predicted octanol–water partition coefficient (Wildman–Crippen LogP) is 2.63. The molecule has 8 heteroatoms. The lowest BCUT2D eigenvalue weighted by atomic mass is 10.2. The van der Waals surface area contributed by atoms with Gasteiger partial charge in [0.15, 0.2) is 0 Å². The molecule has 1 unspecified atom stereocenters. The Kier molecular flexibility index (Phi) is 4.84. The SMILES string of the molecule is CC(CCS(C)(=O)=O)Nc1nc(-c2cccc(Cl)c2)no1. The fourth-order valence-electron chi connectivity index (χ4n) is 1.70. The first-order valence-corrected chi connectivity index (χ1v) is 8.81. The van der Waals surface area contributed by atoms with E-state index in [0.717, 1.165) is 5.56 Å². The molecule has 0 bridgehead atoms. The van der Waals surface area contributed by atoms with Crippen molar-refractivity contribution < 1.29 is 12.9 Å². The highest BCUT2D eigenvalue weighted by atomic mass is 35.5. The van der Waals surface area contributed by atoms with Crippen molar-refractivity contribution in [3.63, 3.8) is 0 Å². The van der Waals surface area contributed by atoms with Gasteiger partial charge in [-0.1, -0.05) is 28.9 Å². The number of anilines is 1. The lowest BCUT2D eigenvalue weighted by Crippen LogP contribution is -2.19. The molecule has 6 nitrogen and oxygen atoms in total. The summed E-state index contributed by atoms with van der Waals surface area (Å²) in [6.07, 6.45) is 1.68. The number of nitrogens with one attached hydrogen (secondary N) is 1. The number of aromatic nitrogens is 2. The Hall–Kier alpha value is -1.60. The summed E-state index contributed by atoms with van der Waals surface area (Å²) < 4.78 is 27.3. The highest BCUT2D eigenvalue weighted by Crippen LogP contribution is 2.21.